The third kappa shape index (κ3) is 2.17. The lowest BCUT2D eigenvalue weighted by Crippen LogP contribution is -1.96. The molecule has 1 aliphatic rings. The second-order valence-corrected chi connectivity index (χ2v) is 4.65. The molecule has 0 saturated heterocycles. The van der Waals surface area contributed by atoms with Gasteiger partial charge in [-0.15, -0.1) is 10.2 Å². The summed E-state index contributed by atoms with van der Waals surface area (Å²) in [5.74, 6) is 1.12. The molecule has 1 N–H and O–H groups in total. The summed E-state index contributed by atoms with van der Waals surface area (Å²) in [6, 6.07) is 5.24. The van der Waals surface area contributed by atoms with Crippen molar-refractivity contribution in [2.24, 2.45) is 0 Å². The Morgan fingerprint density at radius 1 is 1.37 bits per heavy atom. The Hall–Kier alpha value is -2.01. The number of benzene rings is 1. The molecule has 6 heteroatoms. The van der Waals surface area contributed by atoms with E-state index in [-0.39, 0.29) is 16.8 Å². The van der Waals surface area contributed by atoms with Crippen molar-refractivity contribution in [3.05, 3.63) is 34.5 Å². The average molecular weight is 279 g/mol. The molecule has 0 spiro atoms. The molecule has 0 atom stereocenters. The molecule has 0 aliphatic carbocycles. The number of aromatic hydroxyl groups is 1. The molecule has 0 bridgehead atoms. The van der Waals surface area contributed by atoms with Gasteiger partial charge in [0.1, 0.15) is 0 Å². The highest BCUT2D eigenvalue weighted by atomic mass is 35.5. The quantitative estimate of drug-likeness (QED) is 0.915. The van der Waals surface area contributed by atoms with E-state index < -0.39 is 0 Å². The summed E-state index contributed by atoms with van der Waals surface area (Å²) < 4.78 is 11.2. The van der Waals surface area contributed by atoms with Crippen molar-refractivity contribution in [3.8, 4) is 23.1 Å². The molecule has 2 aromatic rings. The second kappa shape index (κ2) is 4.59. The molecule has 0 fully saturated rings. The van der Waals surface area contributed by atoms with Gasteiger partial charge in [-0.1, -0.05) is 23.7 Å². The Balaban J connectivity index is 2.02. The molecule has 0 amide bonds. The van der Waals surface area contributed by atoms with E-state index in [9.17, 15) is 5.11 Å². The third-order valence-corrected chi connectivity index (χ3v) is 3.10. The molecule has 0 radical (unpaired) electrons. The van der Waals surface area contributed by atoms with Gasteiger partial charge in [0.25, 0.3) is 5.88 Å². The van der Waals surface area contributed by atoms with Crippen LogP contribution >= 0.6 is 11.6 Å². The topological polar surface area (TPSA) is 64.5 Å². The molecule has 1 aliphatic heterocycles. The summed E-state index contributed by atoms with van der Waals surface area (Å²) in [5.41, 5.74) is 1.99. The van der Waals surface area contributed by atoms with Crippen LogP contribution in [0.4, 0.5) is 0 Å². The van der Waals surface area contributed by atoms with Crippen molar-refractivity contribution >= 4 is 11.6 Å². The molecular formula is C13H11ClN2O3. The lowest BCUT2D eigenvalue weighted by molar-refractivity contribution is 0.328. The van der Waals surface area contributed by atoms with Crippen molar-refractivity contribution in [1.29, 1.82) is 0 Å². The van der Waals surface area contributed by atoms with Gasteiger partial charge in [-0.05, 0) is 12.5 Å². The summed E-state index contributed by atoms with van der Waals surface area (Å²) in [7, 11) is 0. The Labute approximate surface area is 114 Å². The zero-order valence-electron chi connectivity index (χ0n) is 10.2. The number of rotatable bonds is 2. The Morgan fingerprint density at radius 3 is 3.00 bits per heavy atom. The van der Waals surface area contributed by atoms with Gasteiger partial charge < -0.3 is 14.6 Å². The number of halogens is 1. The van der Waals surface area contributed by atoms with E-state index in [4.69, 9.17) is 21.1 Å². The first kappa shape index (κ1) is 12.0. The number of aryl methyl sites for hydroxylation is 1. The summed E-state index contributed by atoms with van der Waals surface area (Å²) in [6.45, 7) is 2.53. The van der Waals surface area contributed by atoms with E-state index in [1.165, 1.54) is 6.07 Å². The molecule has 0 saturated carbocycles. The van der Waals surface area contributed by atoms with Gasteiger partial charge in [-0.3, -0.25) is 0 Å². The number of hydrogen-bond donors (Lipinski definition) is 1. The van der Waals surface area contributed by atoms with Crippen LogP contribution in [0, 0.1) is 6.92 Å². The maximum absolute atomic E-state index is 9.74. The fraction of sp³-hybridized carbons (Fsp3) is 0.231. The van der Waals surface area contributed by atoms with Gasteiger partial charge in [0, 0.05) is 18.1 Å². The van der Waals surface area contributed by atoms with Gasteiger partial charge in [0.05, 0.1) is 6.61 Å². The van der Waals surface area contributed by atoms with Gasteiger partial charge >= 0.3 is 0 Å². The van der Waals surface area contributed by atoms with Crippen LogP contribution in [0.1, 0.15) is 11.1 Å². The summed E-state index contributed by atoms with van der Waals surface area (Å²) in [4.78, 5) is 0. The average Bonchev–Trinajstić information content (AvgIpc) is 2.84. The zero-order chi connectivity index (χ0) is 13.4. The molecule has 0 unspecified atom stereocenters. The van der Waals surface area contributed by atoms with Gasteiger partial charge in [-0.2, -0.15) is 0 Å². The minimum Gasteiger partial charge on any atom is -0.503 e. The minimum atomic E-state index is -0.157. The number of hydrogen-bond acceptors (Lipinski definition) is 5. The molecule has 19 heavy (non-hydrogen) atoms. The summed E-state index contributed by atoms with van der Waals surface area (Å²) in [6.07, 6.45) is 0.851. The first-order valence-corrected chi connectivity index (χ1v) is 6.18. The molecule has 2 heterocycles. The highest BCUT2D eigenvalue weighted by Gasteiger charge is 2.21. The number of nitrogens with zero attached hydrogens (tertiary/aromatic N) is 2. The highest BCUT2D eigenvalue weighted by Crippen LogP contribution is 2.41. The third-order valence-electron chi connectivity index (χ3n) is 2.92. The first-order valence-electron chi connectivity index (χ1n) is 5.80. The lowest BCUT2D eigenvalue weighted by Gasteiger charge is -2.12. The number of fused-ring (bicyclic) bond motifs is 1. The lowest BCUT2D eigenvalue weighted by atomic mass is 10.1. The van der Waals surface area contributed by atoms with Crippen LogP contribution in [0.15, 0.2) is 18.2 Å². The first-order chi connectivity index (χ1) is 9.15. The fourth-order valence-corrected chi connectivity index (χ4v) is 2.11. The van der Waals surface area contributed by atoms with E-state index in [0.29, 0.717) is 18.1 Å². The standard InChI is InChI=1S/C13H11ClN2O3/c1-7-2-3-8-4-5-18-12(8)11(7)19-13-9(17)6-10(14)15-16-13/h2-3,6H,4-5H2,1H3,(H,15,17). The molecule has 3 rings (SSSR count). The fourth-order valence-electron chi connectivity index (χ4n) is 1.96. The molecule has 98 valence electrons. The van der Waals surface area contributed by atoms with Crippen LogP contribution < -0.4 is 9.47 Å². The second-order valence-electron chi connectivity index (χ2n) is 4.26. The SMILES string of the molecule is Cc1ccc2c(c1Oc1nnc(Cl)cc1O)OCC2. The predicted octanol–water partition coefficient (Wildman–Crippen LogP) is 2.87. The van der Waals surface area contributed by atoms with Crippen LogP contribution in [0.5, 0.6) is 23.1 Å². The molecule has 1 aromatic heterocycles. The van der Waals surface area contributed by atoms with Crippen LogP contribution in [-0.2, 0) is 6.42 Å². The van der Waals surface area contributed by atoms with E-state index in [1.807, 2.05) is 19.1 Å². The van der Waals surface area contributed by atoms with Crippen molar-refractivity contribution < 1.29 is 14.6 Å². The van der Waals surface area contributed by atoms with Crippen LogP contribution in [0.2, 0.25) is 5.15 Å². The Kier molecular flexibility index (Phi) is 2.91. The predicted molar refractivity (Wildman–Crippen MR) is 69.2 cm³/mol. The van der Waals surface area contributed by atoms with Gasteiger partial charge in [0.2, 0.25) is 0 Å². The minimum absolute atomic E-state index is 0.0106. The molecular weight excluding hydrogens is 268 g/mol. The van der Waals surface area contributed by atoms with Gasteiger partial charge in [0.15, 0.2) is 22.4 Å². The Bertz CT molecular complexity index is 646. The van der Waals surface area contributed by atoms with Crippen molar-refractivity contribution in [3.63, 3.8) is 0 Å². The molecule has 1 aromatic carbocycles. The maximum Gasteiger partial charge on any atom is 0.281 e. The highest BCUT2D eigenvalue weighted by molar-refractivity contribution is 6.29. The smallest absolute Gasteiger partial charge is 0.281 e. The summed E-state index contributed by atoms with van der Waals surface area (Å²) in [5, 5.41) is 17.2. The van der Waals surface area contributed by atoms with Crippen molar-refractivity contribution in [1.82, 2.24) is 10.2 Å². The van der Waals surface area contributed by atoms with E-state index in [0.717, 1.165) is 17.5 Å². The van der Waals surface area contributed by atoms with Gasteiger partial charge in [-0.25, -0.2) is 0 Å². The van der Waals surface area contributed by atoms with E-state index in [2.05, 4.69) is 10.2 Å². The molecule has 5 nitrogen and oxygen atoms in total. The van der Waals surface area contributed by atoms with Crippen molar-refractivity contribution in [2.75, 3.05) is 6.61 Å². The van der Waals surface area contributed by atoms with E-state index in [1.54, 1.807) is 0 Å². The maximum atomic E-state index is 9.74. The van der Waals surface area contributed by atoms with Crippen molar-refractivity contribution in [2.45, 2.75) is 13.3 Å². The number of aromatic nitrogens is 2. The van der Waals surface area contributed by atoms with Crippen LogP contribution in [-0.4, -0.2) is 21.9 Å². The van der Waals surface area contributed by atoms with Crippen LogP contribution in [0.25, 0.3) is 0 Å². The van der Waals surface area contributed by atoms with Crippen LogP contribution in [0.3, 0.4) is 0 Å². The monoisotopic (exact) mass is 278 g/mol. The zero-order valence-corrected chi connectivity index (χ0v) is 10.9. The largest absolute Gasteiger partial charge is 0.503 e. The van der Waals surface area contributed by atoms with E-state index >= 15 is 0 Å². The summed E-state index contributed by atoms with van der Waals surface area (Å²) >= 11 is 5.63. The number of ether oxygens (including phenoxy) is 2. The normalized spacial score (nSPS) is 12.9. The Morgan fingerprint density at radius 2 is 2.21 bits per heavy atom.